The molecule has 88 valence electrons. The van der Waals surface area contributed by atoms with Crippen molar-refractivity contribution in [1.29, 1.82) is 0 Å². The third-order valence-electron chi connectivity index (χ3n) is 2.65. The van der Waals surface area contributed by atoms with Crippen LogP contribution < -0.4 is 5.32 Å². The van der Waals surface area contributed by atoms with Gasteiger partial charge in [-0.3, -0.25) is 4.79 Å². The lowest BCUT2D eigenvalue weighted by Crippen LogP contribution is -2.38. The number of nitrogens with one attached hydrogen (secondary N) is 1. The van der Waals surface area contributed by atoms with Crippen LogP contribution >= 0.6 is 11.6 Å². The molecule has 0 saturated heterocycles. The molecule has 1 aromatic carbocycles. The highest BCUT2D eigenvalue weighted by molar-refractivity contribution is 6.34. The van der Waals surface area contributed by atoms with Gasteiger partial charge in [0.05, 0.1) is 11.1 Å². The van der Waals surface area contributed by atoms with Gasteiger partial charge >= 0.3 is 0 Å². The number of Topliss-reactive ketones (excluding diaryl/α,β-unsaturated/α-hetero) is 1. The lowest BCUT2D eigenvalue weighted by molar-refractivity contribution is 0.0922. The first-order valence-electron chi connectivity index (χ1n) is 5.45. The third kappa shape index (κ3) is 2.83. The van der Waals surface area contributed by atoms with E-state index in [0.29, 0.717) is 10.6 Å². The monoisotopic (exact) mass is 239 g/mol. The summed E-state index contributed by atoms with van der Waals surface area (Å²) < 4.78 is 0. The van der Waals surface area contributed by atoms with Gasteiger partial charge in [0.25, 0.3) is 0 Å². The summed E-state index contributed by atoms with van der Waals surface area (Å²) in [6.07, 6.45) is 0. The zero-order valence-electron chi connectivity index (χ0n) is 10.2. The Morgan fingerprint density at radius 1 is 1.38 bits per heavy atom. The molecule has 0 aliphatic rings. The Morgan fingerprint density at radius 2 is 2.00 bits per heavy atom. The van der Waals surface area contributed by atoms with E-state index in [-0.39, 0.29) is 17.7 Å². The number of likely N-dealkylation sites (N-methyl/N-ethyl adjacent to an activating group) is 1. The van der Waals surface area contributed by atoms with Gasteiger partial charge in [-0.2, -0.15) is 0 Å². The molecule has 3 heteroatoms. The normalized spacial score (nSPS) is 12.9. The second-order valence-corrected chi connectivity index (χ2v) is 4.77. The minimum absolute atomic E-state index is 0.0579. The fraction of sp³-hybridized carbons (Fsp3) is 0.462. The third-order valence-corrected chi connectivity index (χ3v) is 2.96. The molecule has 1 rings (SSSR count). The summed E-state index contributed by atoms with van der Waals surface area (Å²) in [5.41, 5.74) is 1.66. The van der Waals surface area contributed by atoms with Crippen LogP contribution in [-0.2, 0) is 0 Å². The van der Waals surface area contributed by atoms with E-state index in [2.05, 4.69) is 5.32 Å². The molecule has 0 amide bonds. The van der Waals surface area contributed by atoms with Crippen LogP contribution in [0.1, 0.15) is 29.8 Å². The van der Waals surface area contributed by atoms with Crippen molar-refractivity contribution in [2.24, 2.45) is 5.92 Å². The van der Waals surface area contributed by atoms with E-state index in [4.69, 9.17) is 11.6 Å². The van der Waals surface area contributed by atoms with Crippen molar-refractivity contribution in [3.05, 3.63) is 34.3 Å². The molecule has 1 N–H and O–H groups in total. The molecule has 16 heavy (non-hydrogen) atoms. The van der Waals surface area contributed by atoms with Gasteiger partial charge in [0, 0.05) is 5.56 Å². The van der Waals surface area contributed by atoms with Crippen molar-refractivity contribution in [2.45, 2.75) is 26.8 Å². The minimum atomic E-state index is -0.180. The van der Waals surface area contributed by atoms with Gasteiger partial charge in [-0.15, -0.1) is 0 Å². The number of ketones is 1. The molecule has 0 heterocycles. The summed E-state index contributed by atoms with van der Waals surface area (Å²) >= 11 is 6.08. The first-order valence-corrected chi connectivity index (χ1v) is 5.82. The molecule has 0 spiro atoms. The Bertz CT molecular complexity index is 388. The van der Waals surface area contributed by atoms with Crippen LogP contribution in [0.3, 0.4) is 0 Å². The van der Waals surface area contributed by atoms with Gasteiger partial charge in [-0.25, -0.2) is 0 Å². The Balaban J connectivity index is 3.04. The van der Waals surface area contributed by atoms with E-state index in [9.17, 15) is 4.79 Å². The molecule has 0 aromatic heterocycles. The highest BCUT2D eigenvalue weighted by Gasteiger charge is 2.23. The summed E-state index contributed by atoms with van der Waals surface area (Å²) in [7, 11) is 1.80. The minimum Gasteiger partial charge on any atom is -0.310 e. The van der Waals surface area contributed by atoms with E-state index in [1.807, 2.05) is 32.9 Å². The van der Waals surface area contributed by atoms with Crippen molar-refractivity contribution < 1.29 is 4.79 Å². The molecule has 1 aromatic rings. The number of hydrogen-bond donors (Lipinski definition) is 1. The maximum absolute atomic E-state index is 12.2. The van der Waals surface area contributed by atoms with E-state index in [1.165, 1.54) is 0 Å². The predicted octanol–water partition coefficient (Wildman–Crippen LogP) is 3.08. The Labute approximate surface area is 102 Å². The lowest BCUT2D eigenvalue weighted by Gasteiger charge is -2.19. The molecule has 0 radical (unpaired) electrons. The summed E-state index contributed by atoms with van der Waals surface area (Å²) in [6.45, 7) is 5.99. The number of rotatable bonds is 4. The quantitative estimate of drug-likeness (QED) is 0.819. The molecule has 0 fully saturated rings. The van der Waals surface area contributed by atoms with Crippen LogP contribution in [0.4, 0.5) is 0 Å². The summed E-state index contributed by atoms with van der Waals surface area (Å²) in [5, 5.41) is 3.57. The lowest BCUT2D eigenvalue weighted by atomic mass is 9.94. The Morgan fingerprint density at radius 3 is 2.44 bits per heavy atom. The van der Waals surface area contributed by atoms with E-state index in [0.717, 1.165) is 5.56 Å². The number of benzene rings is 1. The van der Waals surface area contributed by atoms with Gasteiger partial charge in [0.15, 0.2) is 5.78 Å². The Hall–Kier alpha value is -0.860. The van der Waals surface area contributed by atoms with Gasteiger partial charge < -0.3 is 5.32 Å². The number of halogens is 1. The van der Waals surface area contributed by atoms with E-state index >= 15 is 0 Å². The molecule has 0 saturated carbocycles. The van der Waals surface area contributed by atoms with Crippen molar-refractivity contribution in [3.63, 3.8) is 0 Å². The van der Waals surface area contributed by atoms with Crippen molar-refractivity contribution in [2.75, 3.05) is 7.05 Å². The number of carbonyl (C=O) groups is 1. The van der Waals surface area contributed by atoms with Crippen molar-refractivity contribution in [3.8, 4) is 0 Å². The second kappa shape index (κ2) is 5.46. The molecule has 0 bridgehead atoms. The maximum Gasteiger partial charge on any atom is 0.181 e. The zero-order chi connectivity index (χ0) is 12.3. The molecular formula is C13H18ClNO. The standard InChI is InChI=1S/C13H18ClNO/c1-8(2)12(15-4)13(16)10-6-5-9(3)7-11(10)14/h5-8,12,15H,1-4H3. The van der Waals surface area contributed by atoms with Gasteiger partial charge in [-0.05, 0) is 37.6 Å². The fourth-order valence-electron chi connectivity index (χ4n) is 1.75. The SMILES string of the molecule is CNC(C(=O)c1ccc(C)cc1Cl)C(C)C. The van der Waals surface area contributed by atoms with Crippen LogP contribution in [0.15, 0.2) is 18.2 Å². The van der Waals surface area contributed by atoms with Crippen LogP contribution in [0.5, 0.6) is 0 Å². The topological polar surface area (TPSA) is 29.1 Å². The van der Waals surface area contributed by atoms with Gasteiger partial charge in [0.2, 0.25) is 0 Å². The van der Waals surface area contributed by atoms with Gasteiger partial charge in [-0.1, -0.05) is 31.5 Å². The van der Waals surface area contributed by atoms with Crippen LogP contribution in [0, 0.1) is 12.8 Å². The van der Waals surface area contributed by atoms with E-state index < -0.39 is 0 Å². The fourth-order valence-corrected chi connectivity index (χ4v) is 2.08. The van der Waals surface area contributed by atoms with Crippen LogP contribution in [0.2, 0.25) is 5.02 Å². The molecular weight excluding hydrogens is 222 g/mol. The zero-order valence-corrected chi connectivity index (χ0v) is 10.9. The molecule has 0 aliphatic carbocycles. The number of aryl methyl sites for hydroxylation is 1. The number of hydrogen-bond acceptors (Lipinski definition) is 2. The summed E-state index contributed by atoms with van der Waals surface area (Å²) in [4.78, 5) is 12.2. The molecule has 1 atom stereocenters. The molecule has 0 aliphatic heterocycles. The average molecular weight is 240 g/mol. The second-order valence-electron chi connectivity index (χ2n) is 4.36. The molecule has 1 unspecified atom stereocenters. The highest BCUT2D eigenvalue weighted by atomic mass is 35.5. The maximum atomic E-state index is 12.2. The van der Waals surface area contributed by atoms with Crippen LogP contribution in [0.25, 0.3) is 0 Å². The summed E-state index contributed by atoms with van der Waals surface area (Å²) in [5.74, 6) is 0.303. The van der Waals surface area contributed by atoms with Crippen molar-refractivity contribution >= 4 is 17.4 Å². The van der Waals surface area contributed by atoms with E-state index in [1.54, 1.807) is 13.1 Å². The number of carbonyl (C=O) groups excluding carboxylic acids is 1. The molecule has 2 nitrogen and oxygen atoms in total. The van der Waals surface area contributed by atoms with Crippen molar-refractivity contribution in [1.82, 2.24) is 5.32 Å². The first kappa shape index (κ1) is 13.2. The largest absolute Gasteiger partial charge is 0.310 e. The van der Waals surface area contributed by atoms with Gasteiger partial charge in [0.1, 0.15) is 0 Å². The predicted molar refractivity (Wildman–Crippen MR) is 68.2 cm³/mol. The average Bonchev–Trinajstić information content (AvgIpc) is 2.17. The van der Waals surface area contributed by atoms with Crippen LogP contribution in [-0.4, -0.2) is 18.9 Å². The highest BCUT2D eigenvalue weighted by Crippen LogP contribution is 2.20. The smallest absolute Gasteiger partial charge is 0.181 e. The Kier molecular flexibility index (Phi) is 4.51. The summed E-state index contributed by atoms with van der Waals surface area (Å²) in [6, 6.07) is 5.35. The first-order chi connectivity index (χ1) is 7.47.